The van der Waals surface area contributed by atoms with Crippen LogP contribution in [-0.4, -0.2) is 11.0 Å². The molecule has 0 aliphatic carbocycles. The van der Waals surface area contributed by atoms with Gasteiger partial charge in [0.05, 0.1) is 11.2 Å². The van der Waals surface area contributed by atoms with Gasteiger partial charge in [-0.1, -0.05) is 24.3 Å². The number of urea groups is 1. The molecule has 0 atom stereocenters. The Hall–Kier alpha value is -2.88. The lowest BCUT2D eigenvalue weighted by Gasteiger charge is -2.11. The topological polar surface area (TPSA) is 54.0 Å². The molecule has 1 heterocycles. The van der Waals surface area contributed by atoms with Crippen LogP contribution in [0.2, 0.25) is 0 Å². The van der Waals surface area contributed by atoms with Crippen molar-refractivity contribution in [2.75, 3.05) is 10.6 Å². The summed E-state index contributed by atoms with van der Waals surface area (Å²) in [6.07, 6.45) is 0. The first-order valence-corrected chi connectivity index (χ1v) is 7.54. The lowest BCUT2D eigenvalue weighted by molar-refractivity contribution is 0.262. The number of amides is 2. The number of nitrogens with one attached hydrogen (secondary N) is 2. The zero-order valence-electron chi connectivity index (χ0n) is 13.5. The molecule has 0 bridgehead atoms. The van der Waals surface area contributed by atoms with E-state index >= 15 is 0 Å². The number of fused-ring (bicyclic) bond motifs is 1. The van der Waals surface area contributed by atoms with Gasteiger partial charge < -0.3 is 10.6 Å². The van der Waals surface area contributed by atoms with E-state index < -0.39 is 0 Å². The molecule has 3 rings (SSSR count). The average molecular weight is 305 g/mol. The Bertz CT molecular complexity index is 887. The molecule has 0 unspecified atom stereocenters. The monoisotopic (exact) mass is 305 g/mol. The number of aryl methyl sites for hydroxylation is 3. The van der Waals surface area contributed by atoms with Crippen LogP contribution in [0.15, 0.2) is 48.5 Å². The second-order valence-electron chi connectivity index (χ2n) is 5.71. The van der Waals surface area contributed by atoms with E-state index in [1.54, 1.807) is 0 Å². The number of aromatic nitrogens is 1. The number of nitrogens with zero attached hydrogens (tertiary/aromatic N) is 1. The summed E-state index contributed by atoms with van der Waals surface area (Å²) in [5.41, 5.74) is 5.62. The van der Waals surface area contributed by atoms with Crippen LogP contribution < -0.4 is 10.6 Å². The number of carbonyl (C=O) groups excluding carboxylic acids is 1. The average Bonchev–Trinajstić information content (AvgIpc) is 2.51. The fourth-order valence-corrected chi connectivity index (χ4v) is 2.52. The van der Waals surface area contributed by atoms with Crippen LogP contribution in [0.4, 0.5) is 16.2 Å². The maximum atomic E-state index is 12.3. The molecule has 0 radical (unpaired) electrons. The SMILES string of the molecule is Cc1cc(NC(=O)Nc2ccc(C)c(C)c2)c2ccccc2n1. The molecule has 0 saturated heterocycles. The van der Waals surface area contributed by atoms with Crippen molar-refractivity contribution in [2.24, 2.45) is 0 Å². The summed E-state index contributed by atoms with van der Waals surface area (Å²) in [7, 11) is 0. The van der Waals surface area contributed by atoms with Crippen LogP contribution in [0.5, 0.6) is 0 Å². The lowest BCUT2D eigenvalue weighted by Crippen LogP contribution is -2.19. The Kier molecular flexibility index (Phi) is 3.98. The Morgan fingerprint density at radius 3 is 2.48 bits per heavy atom. The molecule has 4 heteroatoms. The van der Waals surface area contributed by atoms with E-state index in [0.717, 1.165) is 33.5 Å². The highest BCUT2D eigenvalue weighted by Crippen LogP contribution is 2.23. The van der Waals surface area contributed by atoms with Crippen molar-refractivity contribution in [1.82, 2.24) is 4.98 Å². The molecule has 0 saturated carbocycles. The molecule has 0 spiro atoms. The van der Waals surface area contributed by atoms with Crippen molar-refractivity contribution in [3.05, 3.63) is 65.4 Å². The standard InChI is InChI=1S/C19H19N3O/c1-12-8-9-15(10-13(12)2)21-19(23)22-18-11-14(3)20-17-7-5-4-6-16(17)18/h4-11H,1-3H3,(H2,20,21,22,23). The van der Waals surface area contributed by atoms with Crippen LogP contribution in [-0.2, 0) is 0 Å². The van der Waals surface area contributed by atoms with Crippen molar-refractivity contribution in [3.63, 3.8) is 0 Å². The lowest BCUT2D eigenvalue weighted by atomic mass is 10.1. The van der Waals surface area contributed by atoms with E-state index in [4.69, 9.17) is 0 Å². The van der Waals surface area contributed by atoms with Crippen molar-refractivity contribution in [2.45, 2.75) is 20.8 Å². The molecule has 3 aromatic rings. The van der Waals surface area contributed by atoms with Gasteiger partial charge in [0, 0.05) is 16.8 Å². The Morgan fingerprint density at radius 2 is 1.70 bits per heavy atom. The fraction of sp³-hybridized carbons (Fsp3) is 0.158. The number of rotatable bonds is 2. The maximum absolute atomic E-state index is 12.3. The molecule has 1 aromatic heterocycles. The number of carbonyl (C=O) groups is 1. The summed E-state index contributed by atoms with van der Waals surface area (Å²) in [6, 6.07) is 15.2. The van der Waals surface area contributed by atoms with Gasteiger partial charge in [0.25, 0.3) is 0 Å². The maximum Gasteiger partial charge on any atom is 0.323 e. The number of pyridine rings is 1. The highest BCUT2D eigenvalue weighted by atomic mass is 16.2. The van der Waals surface area contributed by atoms with Gasteiger partial charge in [0.1, 0.15) is 0 Å². The predicted molar refractivity (Wildman–Crippen MR) is 95.0 cm³/mol. The minimum absolute atomic E-state index is 0.260. The zero-order valence-corrected chi connectivity index (χ0v) is 13.5. The minimum atomic E-state index is -0.260. The van der Waals surface area contributed by atoms with Crippen LogP contribution >= 0.6 is 0 Å². The first-order chi connectivity index (χ1) is 11.0. The van der Waals surface area contributed by atoms with Gasteiger partial charge in [0.2, 0.25) is 0 Å². The predicted octanol–water partition coefficient (Wildman–Crippen LogP) is 4.80. The van der Waals surface area contributed by atoms with E-state index in [1.807, 2.05) is 69.3 Å². The normalized spacial score (nSPS) is 10.6. The van der Waals surface area contributed by atoms with E-state index in [0.29, 0.717) is 0 Å². The number of anilines is 2. The fourth-order valence-electron chi connectivity index (χ4n) is 2.52. The van der Waals surface area contributed by atoms with E-state index in [9.17, 15) is 4.79 Å². The Labute approximate surface area is 135 Å². The second kappa shape index (κ2) is 6.08. The first-order valence-electron chi connectivity index (χ1n) is 7.54. The van der Waals surface area contributed by atoms with Crippen molar-refractivity contribution >= 4 is 28.3 Å². The van der Waals surface area contributed by atoms with Gasteiger partial charge in [-0.3, -0.25) is 4.98 Å². The first kappa shape index (κ1) is 15.0. The molecule has 2 N–H and O–H groups in total. The minimum Gasteiger partial charge on any atom is -0.308 e. The molecule has 2 amide bonds. The third kappa shape index (κ3) is 3.31. The quantitative estimate of drug-likeness (QED) is 0.714. The molecular weight excluding hydrogens is 286 g/mol. The van der Waals surface area contributed by atoms with Gasteiger partial charge in [-0.05, 0) is 56.2 Å². The van der Waals surface area contributed by atoms with Crippen LogP contribution in [0.25, 0.3) is 10.9 Å². The highest BCUT2D eigenvalue weighted by Gasteiger charge is 2.08. The Morgan fingerprint density at radius 1 is 0.913 bits per heavy atom. The summed E-state index contributed by atoms with van der Waals surface area (Å²) in [4.78, 5) is 16.8. The van der Waals surface area contributed by atoms with Crippen molar-refractivity contribution in [3.8, 4) is 0 Å². The third-order valence-corrected chi connectivity index (χ3v) is 3.86. The van der Waals surface area contributed by atoms with E-state index in [1.165, 1.54) is 5.56 Å². The molecule has 0 aliphatic heterocycles. The number of hydrogen-bond donors (Lipinski definition) is 2. The molecule has 4 nitrogen and oxygen atoms in total. The van der Waals surface area contributed by atoms with E-state index in [2.05, 4.69) is 15.6 Å². The molecule has 23 heavy (non-hydrogen) atoms. The summed E-state index contributed by atoms with van der Waals surface area (Å²) in [6.45, 7) is 5.99. The number of hydrogen-bond acceptors (Lipinski definition) is 2. The van der Waals surface area contributed by atoms with Crippen LogP contribution in [0.3, 0.4) is 0 Å². The van der Waals surface area contributed by atoms with Gasteiger partial charge in [0.15, 0.2) is 0 Å². The number of benzene rings is 2. The highest BCUT2D eigenvalue weighted by molar-refractivity contribution is 6.05. The van der Waals surface area contributed by atoms with Crippen molar-refractivity contribution < 1.29 is 4.79 Å². The van der Waals surface area contributed by atoms with E-state index in [-0.39, 0.29) is 6.03 Å². The molecule has 0 fully saturated rings. The van der Waals surface area contributed by atoms with Gasteiger partial charge >= 0.3 is 6.03 Å². The summed E-state index contributed by atoms with van der Waals surface area (Å²) in [5.74, 6) is 0. The third-order valence-electron chi connectivity index (χ3n) is 3.86. The molecule has 116 valence electrons. The van der Waals surface area contributed by atoms with Gasteiger partial charge in [-0.15, -0.1) is 0 Å². The van der Waals surface area contributed by atoms with Crippen LogP contribution in [0.1, 0.15) is 16.8 Å². The number of para-hydroxylation sites is 1. The van der Waals surface area contributed by atoms with Crippen LogP contribution in [0, 0.1) is 20.8 Å². The second-order valence-corrected chi connectivity index (χ2v) is 5.71. The summed E-state index contributed by atoms with van der Waals surface area (Å²) in [5, 5.41) is 6.71. The Balaban J connectivity index is 1.84. The van der Waals surface area contributed by atoms with Crippen molar-refractivity contribution in [1.29, 1.82) is 0 Å². The summed E-state index contributed by atoms with van der Waals surface area (Å²) < 4.78 is 0. The van der Waals surface area contributed by atoms with Gasteiger partial charge in [-0.25, -0.2) is 4.79 Å². The molecule has 0 aliphatic rings. The molecule has 2 aromatic carbocycles. The van der Waals surface area contributed by atoms with Gasteiger partial charge in [-0.2, -0.15) is 0 Å². The largest absolute Gasteiger partial charge is 0.323 e. The summed E-state index contributed by atoms with van der Waals surface area (Å²) >= 11 is 0. The smallest absolute Gasteiger partial charge is 0.308 e. The zero-order chi connectivity index (χ0) is 16.4. The molecular formula is C19H19N3O.